The van der Waals surface area contributed by atoms with Gasteiger partial charge in [0.15, 0.2) is 0 Å². The average molecular weight is 357 g/mol. The third kappa shape index (κ3) is 4.20. The van der Waals surface area contributed by atoms with E-state index in [1.807, 2.05) is 68.6 Å². The smallest absolute Gasteiger partial charge is 0.226 e. The first-order chi connectivity index (χ1) is 12.0. The topological polar surface area (TPSA) is 41.9 Å². The maximum absolute atomic E-state index is 12.6. The Morgan fingerprint density at radius 1 is 1.24 bits per heavy atom. The molecule has 0 bridgehead atoms. The molecule has 0 saturated carbocycles. The molecule has 4 nitrogen and oxygen atoms in total. The van der Waals surface area contributed by atoms with E-state index >= 15 is 0 Å². The first kappa shape index (κ1) is 17.5. The molecule has 130 valence electrons. The van der Waals surface area contributed by atoms with Crippen LogP contribution in [0.2, 0.25) is 5.02 Å². The van der Waals surface area contributed by atoms with Gasteiger partial charge in [-0.2, -0.15) is 0 Å². The fourth-order valence-electron chi connectivity index (χ4n) is 2.86. The van der Waals surface area contributed by atoms with E-state index in [2.05, 4.69) is 5.16 Å². The normalized spacial score (nSPS) is 17.6. The number of nitrogens with zero attached hydrogens (tertiary/aromatic N) is 2. The van der Waals surface area contributed by atoms with Gasteiger partial charge in [0.05, 0.1) is 18.2 Å². The number of hydrogen-bond acceptors (Lipinski definition) is 3. The van der Waals surface area contributed by atoms with Crippen LogP contribution in [0.3, 0.4) is 0 Å². The molecule has 2 aromatic carbocycles. The molecule has 0 radical (unpaired) electrons. The zero-order valence-corrected chi connectivity index (χ0v) is 15.1. The van der Waals surface area contributed by atoms with Crippen LogP contribution in [0.25, 0.3) is 0 Å². The van der Waals surface area contributed by atoms with Crippen molar-refractivity contribution < 1.29 is 9.63 Å². The summed E-state index contributed by atoms with van der Waals surface area (Å²) in [4.78, 5) is 19.8. The van der Waals surface area contributed by atoms with Crippen LogP contribution in [0.15, 0.2) is 59.8 Å². The lowest BCUT2D eigenvalue weighted by molar-refractivity contribution is -0.134. The number of carbonyl (C=O) groups excluding carboxylic acids is 1. The van der Waals surface area contributed by atoms with Gasteiger partial charge in [-0.3, -0.25) is 4.79 Å². The fourth-order valence-corrected chi connectivity index (χ4v) is 2.99. The number of halogens is 1. The third-order valence-corrected chi connectivity index (χ3v) is 4.82. The van der Waals surface area contributed by atoms with Crippen LogP contribution in [-0.4, -0.2) is 29.7 Å². The lowest BCUT2D eigenvalue weighted by atomic mass is 10.0. The van der Waals surface area contributed by atoms with Crippen molar-refractivity contribution in [3.8, 4) is 0 Å². The Hall–Kier alpha value is -2.33. The highest BCUT2D eigenvalue weighted by Crippen LogP contribution is 2.23. The number of rotatable bonds is 5. The van der Waals surface area contributed by atoms with E-state index in [0.717, 1.165) is 16.8 Å². The number of amides is 1. The molecule has 0 spiro atoms. The van der Waals surface area contributed by atoms with Crippen molar-refractivity contribution in [3.05, 3.63) is 70.7 Å². The van der Waals surface area contributed by atoms with Crippen LogP contribution in [0.5, 0.6) is 0 Å². The van der Waals surface area contributed by atoms with E-state index in [1.165, 1.54) is 0 Å². The van der Waals surface area contributed by atoms with Crippen molar-refractivity contribution >= 4 is 23.2 Å². The van der Waals surface area contributed by atoms with Gasteiger partial charge in [-0.15, -0.1) is 0 Å². The number of hydrogen-bond donors (Lipinski definition) is 0. The van der Waals surface area contributed by atoms with E-state index in [0.29, 0.717) is 17.9 Å². The lowest BCUT2D eigenvalue weighted by Crippen LogP contribution is -2.32. The Balaban J connectivity index is 1.56. The van der Waals surface area contributed by atoms with Crippen LogP contribution in [0.1, 0.15) is 36.9 Å². The predicted octanol–water partition coefficient (Wildman–Crippen LogP) is 4.44. The minimum atomic E-state index is -0.219. The molecule has 2 aromatic rings. The molecular formula is C20H21ClN2O2. The minimum absolute atomic E-state index is 0.0201. The third-order valence-electron chi connectivity index (χ3n) is 4.57. The van der Waals surface area contributed by atoms with Gasteiger partial charge in [0.2, 0.25) is 5.91 Å². The fraction of sp³-hybridized carbons (Fsp3) is 0.300. The molecule has 3 rings (SSSR count). The van der Waals surface area contributed by atoms with E-state index in [4.69, 9.17) is 16.4 Å². The van der Waals surface area contributed by atoms with E-state index in [9.17, 15) is 4.79 Å². The van der Waals surface area contributed by atoms with E-state index in [-0.39, 0.29) is 18.1 Å². The maximum atomic E-state index is 12.6. The minimum Gasteiger partial charge on any atom is -0.391 e. The standard InChI is InChI=1S/C20H21ClN2O2/c1-14(15-6-4-3-5-7-15)23(2)20(24)13-18-12-19(22-25-18)16-8-10-17(21)11-9-16/h3-11,14,18H,12-13H2,1-2H3. The molecule has 1 heterocycles. The molecule has 2 unspecified atom stereocenters. The Kier molecular flexibility index (Phi) is 5.39. The van der Waals surface area contributed by atoms with Gasteiger partial charge in [0, 0.05) is 18.5 Å². The summed E-state index contributed by atoms with van der Waals surface area (Å²) in [5.74, 6) is 0.0499. The van der Waals surface area contributed by atoms with Gasteiger partial charge in [-0.05, 0) is 30.2 Å². The molecule has 1 amide bonds. The second-order valence-corrected chi connectivity index (χ2v) is 6.71. The summed E-state index contributed by atoms with van der Waals surface area (Å²) in [6, 6.07) is 17.5. The number of oxime groups is 1. The Bertz CT molecular complexity index is 759. The van der Waals surface area contributed by atoms with Gasteiger partial charge < -0.3 is 9.74 Å². The van der Waals surface area contributed by atoms with E-state index in [1.54, 1.807) is 4.90 Å². The molecule has 0 fully saturated rings. The Labute approximate surface area is 153 Å². The summed E-state index contributed by atoms with van der Waals surface area (Å²) in [6.07, 6.45) is 0.721. The lowest BCUT2D eigenvalue weighted by Gasteiger charge is -2.26. The summed E-state index contributed by atoms with van der Waals surface area (Å²) in [5.41, 5.74) is 2.95. The largest absolute Gasteiger partial charge is 0.391 e. The van der Waals surface area contributed by atoms with Crippen molar-refractivity contribution in [1.29, 1.82) is 0 Å². The zero-order chi connectivity index (χ0) is 17.8. The van der Waals surface area contributed by atoms with Gasteiger partial charge in [-0.25, -0.2) is 0 Å². The summed E-state index contributed by atoms with van der Waals surface area (Å²) in [5, 5.41) is 4.82. The highest BCUT2D eigenvalue weighted by atomic mass is 35.5. The molecular weight excluding hydrogens is 336 g/mol. The molecule has 0 saturated heterocycles. The Morgan fingerprint density at radius 2 is 1.92 bits per heavy atom. The van der Waals surface area contributed by atoms with Crippen LogP contribution < -0.4 is 0 Å². The summed E-state index contributed by atoms with van der Waals surface area (Å²) in [6.45, 7) is 2.03. The number of carbonyl (C=O) groups is 1. The zero-order valence-electron chi connectivity index (χ0n) is 14.4. The first-order valence-corrected chi connectivity index (χ1v) is 8.71. The van der Waals surface area contributed by atoms with Crippen molar-refractivity contribution in [1.82, 2.24) is 4.90 Å². The van der Waals surface area contributed by atoms with Crippen LogP contribution in [0.4, 0.5) is 0 Å². The molecule has 25 heavy (non-hydrogen) atoms. The quantitative estimate of drug-likeness (QED) is 0.794. The molecule has 2 atom stereocenters. The Morgan fingerprint density at radius 3 is 2.60 bits per heavy atom. The summed E-state index contributed by atoms with van der Waals surface area (Å²) < 4.78 is 0. The highest BCUT2D eigenvalue weighted by Gasteiger charge is 2.27. The molecule has 1 aliphatic rings. The van der Waals surface area contributed by atoms with Gasteiger partial charge >= 0.3 is 0 Å². The highest BCUT2D eigenvalue weighted by molar-refractivity contribution is 6.30. The summed E-state index contributed by atoms with van der Waals surface area (Å²) >= 11 is 5.91. The van der Waals surface area contributed by atoms with Gasteiger partial charge in [0.25, 0.3) is 0 Å². The van der Waals surface area contributed by atoms with Crippen molar-refractivity contribution in [2.75, 3.05) is 7.05 Å². The first-order valence-electron chi connectivity index (χ1n) is 8.34. The number of benzene rings is 2. The van der Waals surface area contributed by atoms with Crippen LogP contribution in [-0.2, 0) is 9.63 Å². The second kappa shape index (κ2) is 7.70. The molecule has 0 aliphatic carbocycles. The average Bonchev–Trinajstić information content (AvgIpc) is 3.10. The summed E-state index contributed by atoms with van der Waals surface area (Å²) in [7, 11) is 1.83. The molecule has 1 aliphatic heterocycles. The van der Waals surface area contributed by atoms with Crippen molar-refractivity contribution in [2.45, 2.75) is 31.9 Å². The van der Waals surface area contributed by atoms with Crippen molar-refractivity contribution in [2.24, 2.45) is 5.16 Å². The van der Waals surface area contributed by atoms with Gasteiger partial charge in [0.1, 0.15) is 6.10 Å². The van der Waals surface area contributed by atoms with Crippen LogP contribution in [0, 0.1) is 0 Å². The van der Waals surface area contributed by atoms with E-state index < -0.39 is 0 Å². The maximum Gasteiger partial charge on any atom is 0.226 e. The second-order valence-electron chi connectivity index (χ2n) is 6.27. The molecule has 0 N–H and O–H groups in total. The van der Waals surface area contributed by atoms with Crippen molar-refractivity contribution in [3.63, 3.8) is 0 Å². The SMILES string of the molecule is CC(c1ccccc1)N(C)C(=O)CC1CC(c2ccc(Cl)cc2)=NO1. The molecule has 5 heteroatoms. The molecule has 0 aromatic heterocycles. The predicted molar refractivity (Wildman–Crippen MR) is 99.7 cm³/mol. The van der Waals surface area contributed by atoms with Crippen LogP contribution >= 0.6 is 11.6 Å². The monoisotopic (exact) mass is 356 g/mol. The van der Waals surface area contributed by atoms with Gasteiger partial charge in [-0.1, -0.05) is 59.2 Å².